The van der Waals surface area contributed by atoms with Crippen molar-refractivity contribution in [3.8, 4) is 0 Å². The average molecular weight is 236 g/mol. The third-order valence-corrected chi connectivity index (χ3v) is 4.87. The van der Waals surface area contributed by atoms with Crippen LogP contribution in [0.2, 0.25) is 0 Å². The van der Waals surface area contributed by atoms with Gasteiger partial charge in [0.1, 0.15) is 11.6 Å². The molecule has 1 atom stereocenters. The lowest BCUT2D eigenvalue weighted by Gasteiger charge is -2.46. The Labute approximate surface area is 104 Å². The molecule has 0 aromatic carbocycles. The summed E-state index contributed by atoms with van der Waals surface area (Å²) in [5.74, 6) is 0.870. The van der Waals surface area contributed by atoms with Gasteiger partial charge in [0, 0.05) is 12.3 Å². The fraction of sp³-hybridized carbons (Fsp3) is 0.867. The summed E-state index contributed by atoms with van der Waals surface area (Å²) in [5.41, 5.74) is -0.735. The van der Waals surface area contributed by atoms with Gasteiger partial charge in [0.2, 0.25) is 0 Å². The monoisotopic (exact) mass is 236 g/mol. The minimum atomic E-state index is -0.579. The highest BCUT2D eigenvalue weighted by Crippen LogP contribution is 2.53. The summed E-state index contributed by atoms with van der Waals surface area (Å²) in [6, 6.07) is 0. The molecule has 2 aliphatic carbocycles. The van der Waals surface area contributed by atoms with Crippen LogP contribution in [0.4, 0.5) is 0 Å². The van der Waals surface area contributed by atoms with E-state index >= 15 is 0 Å². The minimum Gasteiger partial charge on any atom is -0.299 e. The van der Waals surface area contributed by atoms with E-state index in [-0.39, 0.29) is 22.9 Å². The van der Waals surface area contributed by atoms with Crippen molar-refractivity contribution in [2.75, 3.05) is 0 Å². The van der Waals surface area contributed by atoms with E-state index in [4.69, 9.17) is 0 Å². The summed E-state index contributed by atoms with van der Waals surface area (Å²) >= 11 is 0. The smallest absolute Gasteiger partial charge is 0.150 e. The van der Waals surface area contributed by atoms with Crippen molar-refractivity contribution < 1.29 is 9.59 Å². The van der Waals surface area contributed by atoms with E-state index in [2.05, 4.69) is 27.7 Å². The van der Waals surface area contributed by atoms with Gasteiger partial charge in [-0.15, -0.1) is 0 Å². The highest BCUT2D eigenvalue weighted by Gasteiger charge is 2.58. The molecule has 0 bridgehead atoms. The maximum atomic E-state index is 12.8. The number of ketones is 2. The summed E-state index contributed by atoms with van der Waals surface area (Å²) < 4.78 is 0. The predicted octanol–water partition coefficient (Wildman–Crippen LogP) is 3.39. The molecule has 0 amide bonds. The zero-order valence-electron chi connectivity index (χ0n) is 11.5. The van der Waals surface area contributed by atoms with E-state index < -0.39 is 5.41 Å². The fourth-order valence-electron chi connectivity index (χ4n) is 4.19. The molecule has 0 aromatic rings. The Morgan fingerprint density at radius 1 is 1.12 bits per heavy atom. The summed E-state index contributed by atoms with van der Waals surface area (Å²) in [6.45, 7) is 8.39. The molecule has 2 saturated carbocycles. The number of hydrogen-bond acceptors (Lipinski definition) is 2. The quantitative estimate of drug-likeness (QED) is 0.654. The summed E-state index contributed by atoms with van der Waals surface area (Å²) in [7, 11) is 0. The lowest BCUT2D eigenvalue weighted by Crippen LogP contribution is -2.53. The molecule has 0 radical (unpaired) electrons. The van der Waals surface area contributed by atoms with Crippen LogP contribution < -0.4 is 0 Å². The third-order valence-electron chi connectivity index (χ3n) is 4.87. The SMILES string of the molecule is CC(C)C1C(=O)C2(CCCC2)C(=O)CC1(C)C. The van der Waals surface area contributed by atoms with Crippen molar-refractivity contribution in [3.05, 3.63) is 0 Å². The van der Waals surface area contributed by atoms with Crippen LogP contribution in [0.1, 0.15) is 59.8 Å². The second-order valence-electron chi connectivity index (χ2n) is 6.96. The number of Topliss-reactive ketones (excluding diaryl/α,β-unsaturated/α-hetero) is 2. The summed E-state index contributed by atoms with van der Waals surface area (Å²) in [5, 5.41) is 0. The first kappa shape index (κ1) is 12.8. The molecule has 0 N–H and O–H groups in total. The van der Waals surface area contributed by atoms with Crippen molar-refractivity contribution in [1.29, 1.82) is 0 Å². The average Bonchev–Trinajstić information content (AvgIpc) is 2.62. The summed E-state index contributed by atoms with van der Waals surface area (Å²) in [4.78, 5) is 25.2. The van der Waals surface area contributed by atoms with Gasteiger partial charge in [0.25, 0.3) is 0 Å². The predicted molar refractivity (Wildman–Crippen MR) is 67.6 cm³/mol. The molecular formula is C15H24O2. The maximum Gasteiger partial charge on any atom is 0.150 e. The van der Waals surface area contributed by atoms with Crippen LogP contribution in [0.25, 0.3) is 0 Å². The van der Waals surface area contributed by atoms with E-state index in [9.17, 15) is 9.59 Å². The summed E-state index contributed by atoms with van der Waals surface area (Å²) in [6.07, 6.45) is 4.29. The zero-order chi connectivity index (χ0) is 12.8. The van der Waals surface area contributed by atoms with Gasteiger partial charge < -0.3 is 0 Å². The second-order valence-corrected chi connectivity index (χ2v) is 6.96. The molecule has 0 saturated heterocycles. The molecule has 2 rings (SSSR count). The first-order valence-electron chi connectivity index (χ1n) is 6.89. The van der Waals surface area contributed by atoms with Crippen LogP contribution >= 0.6 is 0 Å². The van der Waals surface area contributed by atoms with Crippen LogP contribution in [0.3, 0.4) is 0 Å². The van der Waals surface area contributed by atoms with E-state index in [0.29, 0.717) is 12.3 Å². The number of carbonyl (C=O) groups is 2. The maximum absolute atomic E-state index is 12.8. The first-order valence-corrected chi connectivity index (χ1v) is 6.89. The van der Waals surface area contributed by atoms with E-state index in [1.54, 1.807) is 0 Å². The van der Waals surface area contributed by atoms with Gasteiger partial charge in [0.05, 0.1) is 5.41 Å². The number of carbonyl (C=O) groups excluding carboxylic acids is 2. The molecule has 1 spiro atoms. The molecule has 1 unspecified atom stereocenters. The molecule has 2 aliphatic rings. The normalized spacial score (nSPS) is 31.5. The number of rotatable bonds is 1. The Balaban J connectivity index is 2.40. The van der Waals surface area contributed by atoms with E-state index in [0.717, 1.165) is 25.7 Å². The Morgan fingerprint density at radius 3 is 2.12 bits per heavy atom. The van der Waals surface area contributed by atoms with Gasteiger partial charge in [-0.2, -0.15) is 0 Å². The molecule has 17 heavy (non-hydrogen) atoms. The Bertz CT molecular complexity index is 346. The van der Waals surface area contributed by atoms with Gasteiger partial charge in [-0.3, -0.25) is 9.59 Å². The number of hydrogen-bond donors (Lipinski definition) is 0. The molecule has 96 valence electrons. The molecule has 2 heteroatoms. The van der Waals surface area contributed by atoms with Gasteiger partial charge in [-0.05, 0) is 24.2 Å². The lowest BCUT2D eigenvalue weighted by molar-refractivity contribution is -0.155. The van der Waals surface area contributed by atoms with E-state index in [1.165, 1.54) is 0 Å². The minimum absolute atomic E-state index is 0.0540. The molecule has 0 aromatic heterocycles. The van der Waals surface area contributed by atoms with Crippen LogP contribution in [0, 0.1) is 22.7 Å². The van der Waals surface area contributed by atoms with Crippen LogP contribution in [0.5, 0.6) is 0 Å². The van der Waals surface area contributed by atoms with Gasteiger partial charge >= 0.3 is 0 Å². The lowest BCUT2D eigenvalue weighted by atomic mass is 9.54. The molecule has 2 fully saturated rings. The Hall–Kier alpha value is -0.660. The van der Waals surface area contributed by atoms with Crippen molar-refractivity contribution >= 4 is 11.6 Å². The third kappa shape index (κ3) is 1.76. The van der Waals surface area contributed by atoms with Crippen molar-refractivity contribution in [2.24, 2.45) is 22.7 Å². The second kappa shape index (κ2) is 3.93. The first-order chi connectivity index (χ1) is 7.81. The van der Waals surface area contributed by atoms with Gasteiger partial charge in [-0.25, -0.2) is 0 Å². The zero-order valence-corrected chi connectivity index (χ0v) is 11.5. The van der Waals surface area contributed by atoms with Crippen LogP contribution in [-0.2, 0) is 9.59 Å². The largest absolute Gasteiger partial charge is 0.299 e. The van der Waals surface area contributed by atoms with Gasteiger partial charge in [0.15, 0.2) is 0 Å². The molecule has 2 nitrogen and oxygen atoms in total. The topological polar surface area (TPSA) is 34.1 Å². The van der Waals surface area contributed by atoms with Crippen LogP contribution in [0.15, 0.2) is 0 Å². The van der Waals surface area contributed by atoms with Crippen molar-refractivity contribution in [3.63, 3.8) is 0 Å². The molecular weight excluding hydrogens is 212 g/mol. The standard InChI is InChI=1S/C15H24O2/c1-10(2)12-13(17)15(7-5-6-8-15)11(16)9-14(12,3)4/h10,12H,5-9H2,1-4H3. The Kier molecular flexibility index (Phi) is 2.95. The molecule has 0 aliphatic heterocycles. The van der Waals surface area contributed by atoms with Gasteiger partial charge in [-0.1, -0.05) is 40.5 Å². The highest BCUT2D eigenvalue weighted by atomic mass is 16.2. The van der Waals surface area contributed by atoms with E-state index in [1.807, 2.05) is 0 Å². The van der Waals surface area contributed by atoms with Crippen molar-refractivity contribution in [2.45, 2.75) is 59.8 Å². The Morgan fingerprint density at radius 2 is 1.65 bits per heavy atom. The van der Waals surface area contributed by atoms with Crippen LogP contribution in [-0.4, -0.2) is 11.6 Å². The fourth-order valence-corrected chi connectivity index (χ4v) is 4.19. The molecule has 0 heterocycles. The van der Waals surface area contributed by atoms with Crippen molar-refractivity contribution in [1.82, 2.24) is 0 Å². The highest BCUT2D eigenvalue weighted by molar-refractivity contribution is 6.10.